The summed E-state index contributed by atoms with van der Waals surface area (Å²) in [6.07, 6.45) is 3.10. The van der Waals surface area contributed by atoms with Gasteiger partial charge in [0.15, 0.2) is 0 Å². The number of carboxylic acid groups (broad SMARTS) is 1. The van der Waals surface area contributed by atoms with Crippen molar-refractivity contribution in [1.29, 1.82) is 5.26 Å². The molecule has 0 fully saturated rings. The van der Waals surface area contributed by atoms with Gasteiger partial charge in [0.1, 0.15) is 36.8 Å². The number of benzene rings is 3. The van der Waals surface area contributed by atoms with E-state index in [0.29, 0.717) is 33.2 Å². The van der Waals surface area contributed by atoms with E-state index in [1.165, 1.54) is 6.20 Å². The summed E-state index contributed by atoms with van der Waals surface area (Å²) in [5, 5.41) is 21.7. The molecule has 9 heteroatoms. The number of nitrogens with zero attached hydrogens (tertiary/aromatic N) is 2. The molecule has 3 aromatic carbocycles. The number of ether oxygens (including phenoxy) is 2. The summed E-state index contributed by atoms with van der Waals surface area (Å²) in [5.41, 5.74) is 4.88. The van der Waals surface area contributed by atoms with Crippen LogP contribution in [0.1, 0.15) is 29.2 Å². The third-order valence-electron chi connectivity index (χ3n) is 5.95. The minimum atomic E-state index is -0.966. The van der Waals surface area contributed by atoms with E-state index in [0.717, 1.165) is 21.2 Å². The molecule has 1 heterocycles. The van der Waals surface area contributed by atoms with Crippen molar-refractivity contribution in [2.75, 3.05) is 0 Å². The molecule has 4 aromatic rings. The van der Waals surface area contributed by atoms with E-state index in [-0.39, 0.29) is 19.8 Å². The fraction of sp³-hybridized carbons (Fsp3) is 0.167. The van der Waals surface area contributed by atoms with Crippen LogP contribution in [0.25, 0.3) is 11.1 Å². The van der Waals surface area contributed by atoms with Crippen molar-refractivity contribution in [2.24, 2.45) is 0 Å². The number of hydrogen-bond acceptors (Lipinski definition) is 6. The molecular weight excluding hydrogens is 582 g/mol. The van der Waals surface area contributed by atoms with E-state index in [1.54, 1.807) is 31.3 Å². The fourth-order valence-corrected chi connectivity index (χ4v) is 4.63. The fourth-order valence-electron chi connectivity index (χ4n) is 3.79. The summed E-state index contributed by atoms with van der Waals surface area (Å²) in [6, 6.07) is 22.4. The van der Waals surface area contributed by atoms with Gasteiger partial charge in [-0.15, -0.1) is 0 Å². The zero-order chi connectivity index (χ0) is 27.8. The lowest BCUT2D eigenvalue weighted by atomic mass is 10.0. The second kappa shape index (κ2) is 13.3. The standard InChI is InChI=1S/C30H25BrClN3O4/c1-19(30(36)37)35-16-24-11-26(32)28(12-27(24)38-17-21-10-20(13-33)14-34-15-21)39-18-23-8-5-9-25(29(23)31)22-6-3-2-4-7-22/h2-12,14-15,19,35H,16-18H2,1H3,(H,36,37). The largest absolute Gasteiger partial charge is 0.488 e. The van der Waals surface area contributed by atoms with Gasteiger partial charge in [0, 0.05) is 46.2 Å². The second-order valence-electron chi connectivity index (χ2n) is 8.75. The maximum absolute atomic E-state index is 11.3. The van der Waals surface area contributed by atoms with Gasteiger partial charge >= 0.3 is 5.97 Å². The highest BCUT2D eigenvalue weighted by atomic mass is 79.9. The van der Waals surface area contributed by atoms with Crippen LogP contribution in [-0.4, -0.2) is 22.1 Å². The summed E-state index contributed by atoms with van der Waals surface area (Å²) < 4.78 is 13.1. The number of carbonyl (C=O) groups is 1. The van der Waals surface area contributed by atoms with Crippen molar-refractivity contribution in [3.8, 4) is 28.7 Å². The number of pyridine rings is 1. The predicted molar refractivity (Wildman–Crippen MR) is 153 cm³/mol. The summed E-state index contributed by atoms with van der Waals surface area (Å²) in [5.74, 6) is -0.0761. The number of aromatic nitrogens is 1. The molecule has 0 saturated carbocycles. The molecule has 1 unspecified atom stereocenters. The zero-order valence-electron chi connectivity index (χ0n) is 21.0. The van der Waals surface area contributed by atoms with Crippen LogP contribution in [-0.2, 0) is 24.6 Å². The van der Waals surface area contributed by atoms with Crippen molar-refractivity contribution in [3.63, 3.8) is 0 Å². The molecule has 0 amide bonds. The lowest BCUT2D eigenvalue weighted by Gasteiger charge is -2.18. The number of nitrogens with one attached hydrogen (secondary N) is 1. The molecule has 1 atom stereocenters. The SMILES string of the molecule is CC(NCc1cc(Cl)c(OCc2cccc(-c3ccccc3)c2Br)cc1OCc1cncc(C#N)c1)C(=O)O. The van der Waals surface area contributed by atoms with Gasteiger partial charge in [0.25, 0.3) is 0 Å². The lowest BCUT2D eigenvalue weighted by molar-refractivity contribution is -0.139. The first kappa shape index (κ1) is 28.1. The topological polar surface area (TPSA) is 104 Å². The van der Waals surface area contributed by atoms with Crippen molar-refractivity contribution in [2.45, 2.75) is 32.7 Å². The Morgan fingerprint density at radius 1 is 1.05 bits per heavy atom. The van der Waals surface area contributed by atoms with Crippen LogP contribution in [0.5, 0.6) is 11.5 Å². The van der Waals surface area contributed by atoms with Gasteiger partial charge in [-0.25, -0.2) is 0 Å². The second-order valence-corrected chi connectivity index (χ2v) is 9.95. The first-order valence-electron chi connectivity index (χ1n) is 12.1. The monoisotopic (exact) mass is 605 g/mol. The summed E-state index contributed by atoms with van der Waals surface area (Å²) in [7, 11) is 0. The average Bonchev–Trinajstić information content (AvgIpc) is 2.95. The van der Waals surface area contributed by atoms with Gasteiger partial charge in [0.2, 0.25) is 0 Å². The molecule has 7 nitrogen and oxygen atoms in total. The van der Waals surface area contributed by atoms with Crippen molar-refractivity contribution in [1.82, 2.24) is 10.3 Å². The minimum absolute atomic E-state index is 0.149. The Morgan fingerprint density at radius 2 is 1.82 bits per heavy atom. The van der Waals surface area contributed by atoms with E-state index in [2.05, 4.69) is 32.3 Å². The average molecular weight is 607 g/mol. The van der Waals surface area contributed by atoms with Gasteiger partial charge < -0.3 is 19.9 Å². The quantitative estimate of drug-likeness (QED) is 0.194. The number of hydrogen-bond donors (Lipinski definition) is 2. The maximum atomic E-state index is 11.3. The van der Waals surface area contributed by atoms with Crippen LogP contribution < -0.4 is 14.8 Å². The Hall–Kier alpha value is -3.90. The Labute approximate surface area is 240 Å². The first-order chi connectivity index (χ1) is 18.9. The Bertz CT molecular complexity index is 1510. The molecule has 2 N–H and O–H groups in total. The highest BCUT2D eigenvalue weighted by Crippen LogP contribution is 2.36. The third-order valence-corrected chi connectivity index (χ3v) is 7.18. The molecule has 0 spiro atoms. The van der Waals surface area contributed by atoms with Gasteiger partial charge in [-0.2, -0.15) is 5.26 Å². The predicted octanol–water partition coefficient (Wildman–Crippen LogP) is 6.76. The first-order valence-corrected chi connectivity index (χ1v) is 13.2. The smallest absolute Gasteiger partial charge is 0.320 e. The maximum Gasteiger partial charge on any atom is 0.320 e. The molecule has 0 aliphatic carbocycles. The molecule has 0 radical (unpaired) electrons. The van der Waals surface area contributed by atoms with E-state index < -0.39 is 12.0 Å². The van der Waals surface area contributed by atoms with E-state index in [9.17, 15) is 9.90 Å². The molecule has 4 rings (SSSR count). The van der Waals surface area contributed by atoms with Gasteiger partial charge in [-0.3, -0.25) is 9.78 Å². The highest BCUT2D eigenvalue weighted by molar-refractivity contribution is 9.10. The molecular formula is C30H25BrClN3O4. The Kier molecular flexibility index (Phi) is 9.55. The van der Waals surface area contributed by atoms with Crippen LogP contribution >= 0.6 is 27.5 Å². The van der Waals surface area contributed by atoms with Crippen LogP contribution in [0, 0.1) is 11.3 Å². The number of halogens is 2. The summed E-state index contributed by atoms with van der Waals surface area (Å²) in [6.45, 7) is 2.17. The van der Waals surface area contributed by atoms with Crippen molar-refractivity contribution in [3.05, 3.63) is 111 Å². The zero-order valence-corrected chi connectivity index (χ0v) is 23.4. The molecule has 0 saturated heterocycles. The third kappa shape index (κ3) is 7.36. The van der Waals surface area contributed by atoms with Gasteiger partial charge in [-0.1, -0.05) is 60.1 Å². The molecule has 198 valence electrons. The van der Waals surface area contributed by atoms with Crippen LogP contribution in [0.3, 0.4) is 0 Å². The summed E-state index contributed by atoms with van der Waals surface area (Å²) >= 11 is 10.3. The van der Waals surface area contributed by atoms with Crippen molar-refractivity contribution >= 4 is 33.5 Å². The van der Waals surface area contributed by atoms with Crippen LogP contribution in [0.2, 0.25) is 5.02 Å². The lowest BCUT2D eigenvalue weighted by Crippen LogP contribution is -2.33. The van der Waals surface area contributed by atoms with E-state index in [1.807, 2.05) is 48.5 Å². The van der Waals surface area contributed by atoms with Crippen molar-refractivity contribution < 1.29 is 19.4 Å². The minimum Gasteiger partial charge on any atom is -0.488 e. The molecule has 39 heavy (non-hydrogen) atoms. The molecule has 1 aromatic heterocycles. The highest BCUT2D eigenvalue weighted by Gasteiger charge is 2.16. The molecule has 0 aliphatic heterocycles. The van der Waals surface area contributed by atoms with Gasteiger partial charge in [-0.05, 0) is 46.1 Å². The Balaban J connectivity index is 1.57. The molecule has 0 bridgehead atoms. The van der Waals surface area contributed by atoms with Gasteiger partial charge in [0.05, 0.1) is 10.6 Å². The van der Waals surface area contributed by atoms with E-state index >= 15 is 0 Å². The summed E-state index contributed by atoms with van der Waals surface area (Å²) in [4.78, 5) is 15.4. The number of nitriles is 1. The molecule has 0 aliphatic rings. The van der Waals surface area contributed by atoms with E-state index in [4.69, 9.17) is 26.3 Å². The number of rotatable bonds is 11. The Morgan fingerprint density at radius 3 is 2.56 bits per heavy atom. The van der Waals surface area contributed by atoms with Crippen LogP contribution in [0.15, 0.2) is 83.6 Å². The van der Waals surface area contributed by atoms with Crippen LogP contribution in [0.4, 0.5) is 0 Å². The normalized spacial score (nSPS) is 11.4. The number of carboxylic acids is 1. The number of aliphatic carboxylic acids is 1.